The molecule has 24 heavy (non-hydrogen) atoms. The van der Waals surface area contributed by atoms with Crippen molar-refractivity contribution in [3.05, 3.63) is 60.7 Å². The fourth-order valence-corrected chi connectivity index (χ4v) is 3.59. The normalized spacial score (nSPS) is 14.9. The van der Waals surface area contributed by atoms with Crippen LogP contribution in [0.15, 0.2) is 40.1 Å². The first-order chi connectivity index (χ1) is 11.3. The van der Waals surface area contributed by atoms with Crippen LogP contribution in [-0.4, -0.2) is 19.0 Å². The van der Waals surface area contributed by atoms with E-state index < -0.39 is 36.9 Å². The molecule has 0 saturated heterocycles. The van der Waals surface area contributed by atoms with Crippen molar-refractivity contribution >= 4 is 39.2 Å². The van der Waals surface area contributed by atoms with E-state index in [0.29, 0.717) is 0 Å². The molecule has 1 unspecified atom stereocenters. The molecule has 0 radical (unpaired) electrons. The number of rotatable bonds is 3. The van der Waals surface area contributed by atoms with E-state index in [4.69, 9.17) is 0 Å². The molecule has 12 heteroatoms. The van der Waals surface area contributed by atoms with Gasteiger partial charge in [-0.3, -0.25) is 30.3 Å². The van der Waals surface area contributed by atoms with Crippen molar-refractivity contribution in [2.24, 2.45) is 0 Å². The molecule has 0 fully saturated rings. The second kappa shape index (κ2) is 5.34. The number of nitrogens with zero attached hydrogens (tertiary/aromatic N) is 3. The van der Waals surface area contributed by atoms with Crippen molar-refractivity contribution in [2.75, 3.05) is 5.32 Å². The maximum atomic E-state index is 12.6. The Kier molecular flexibility index (Phi) is 3.45. The summed E-state index contributed by atoms with van der Waals surface area (Å²) < 4.78 is 12.6. The molecule has 11 nitrogen and oxygen atoms in total. The average molecular weight is 350 g/mol. The number of nitrogens with one attached hydrogen (secondary N) is 1. The van der Waals surface area contributed by atoms with Gasteiger partial charge >= 0.3 is 5.69 Å². The fraction of sp³-hybridized carbons (Fsp3) is 0. The molecule has 0 spiro atoms. The third kappa shape index (κ3) is 2.34. The summed E-state index contributed by atoms with van der Waals surface area (Å²) in [6.45, 7) is 0. The Bertz CT molecular complexity index is 959. The highest BCUT2D eigenvalue weighted by Crippen LogP contribution is 2.44. The van der Waals surface area contributed by atoms with Gasteiger partial charge in [-0.2, -0.15) is 0 Å². The lowest BCUT2D eigenvalue weighted by Gasteiger charge is -2.20. The van der Waals surface area contributed by atoms with Crippen LogP contribution in [0.25, 0.3) is 0 Å². The summed E-state index contributed by atoms with van der Waals surface area (Å²) in [6.07, 6.45) is 0. The summed E-state index contributed by atoms with van der Waals surface area (Å²) >= 11 is 0. The molecule has 2 aromatic rings. The SMILES string of the molecule is O=[N+]([O-])c1ccc2c(c1)S(=O)c1cc([N+](=O)[O-])cc([N+](=O)[O-])c1N2. The van der Waals surface area contributed by atoms with Crippen LogP contribution in [0.2, 0.25) is 0 Å². The Labute approximate surface area is 134 Å². The lowest BCUT2D eigenvalue weighted by Crippen LogP contribution is -2.11. The number of nitro benzene ring substituents is 3. The van der Waals surface area contributed by atoms with E-state index in [9.17, 15) is 34.6 Å². The minimum Gasteiger partial charge on any atom is -0.348 e. The molecule has 0 bridgehead atoms. The minimum absolute atomic E-state index is 0.0199. The molecular weight excluding hydrogens is 344 g/mol. The summed E-state index contributed by atoms with van der Waals surface area (Å²) in [5, 5.41) is 35.6. The number of non-ortho nitro benzene ring substituents is 2. The Balaban J connectivity index is 2.25. The zero-order valence-corrected chi connectivity index (χ0v) is 12.3. The maximum absolute atomic E-state index is 12.6. The monoisotopic (exact) mass is 350 g/mol. The minimum atomic E-state index is -2.05. The highest BCUT2D eigenvalue weighted by atomic mass is 32.2. The number of anilines is 2. The molecule has 0 amide bonds. The first-order valence-corrected chi connectivity index (χ1v) is 7.38. The van der Waals surface area contributed by atoms with Gasteiger partial charge in [-0.1, -0.05) is 0 Å². The number of hydrogen-bond acceptors (Lipinski definition) is 8. The van der Waals surface area contributed by atoms with Crippen molar-refractivity contribution in [1.29, 1.82) is 0 Å². The van der Waals surface area contributed by atoms with Crippen molar-refractivity contribution in [2.45, 2.75) is 9.79 Å². The Morgan fingerprint density at radius 3 is 2.04 bits per heavy atom. The van der Waals surface area contributed by atoms with E-state index >= 15 is 0 Å². The van der Waals surface area contributed by atoms with Gasteiger partial charge in [0, 0.05) is 18.2 Å². The van der Waals surface area contributed by atoms with Crippen LogP contribution >= 0.6 is 0 Å². The number of hydrogen-bond donors (Lipinski definition) is 1. The summed E-state index contributed by atoms with van der Waals surface area (Å²) in [5.41, 5.74) is -1.44. The molecule has 0 saturated carbocycles. The van der Waals surface area contributed by atoms with E-state index in [1.807, 2.05) is 0 Å². The molecule has 2 aromatic carbocycles. The first-order valence-electron chi connectivity index (χ1n) is 6.23. The highest BCUT2D eigenvalue weighted by Gasteiger charge is 2.33. The molecule has 1 N–H and O–H groups in total. The topological polar surface area (TPSA) is 159 Å². The molecule has 1 aliphatic rings. The second-order valence-electron chi connectivity index (χ2n) is 4.68. The van der Waals surface area contributed by atoms with Gasteiger partial charge in [-0.25, -0.2) is 4.21 Å². The maximum Gasteiger partial charge on any atom is 0.300 e. The van der Waals surface area contributed by atoms with Crippen LogP contribution < -0.4 is 5.32 Å². The van der Waals surface area contributed by atoms with Gasteiger partial charge in [0.25, 0.3) is 11.4 Å². The average Bonchev–Trinajstić information content (AvgIpc) is 2.53. The van der Waals surface area contributed by atoms with E-state index in [2.05, 4.69) is 5.32 Å². The number of fused-ring (bicyclic) bond motifs is 2. The Morgan fingerprint density at radius 1 is 0.833 bits per heavy atom. The second-order valence-corrected chi connectivity index (χ2v) is 6.10. The van der Waals surface area contributed by atoms with Crippen LogP contribution in [0.5, 0.6) is 0 Å². The van der Waals surface area contributed by atoms with Crippen LogP contribution in [0, 0.1) is 30.3 Å². The van der Waals surface area contributed by atoms with Gasteiger partial charge in [-0.05, 0) is 6.07 Å². The smallest absolute Gasteiger partial charge is 0.300 e. The van der Waals surface area contributed by atoms with Gasteiger partial charge in [-0.15, -0.1) is 0 Å². The largest absolute Gasteiger partial charge is 0.348 e. The molecule has 122 valence electrons. The quantitative estimate of drug-likeness (QED) is 0.557. The van der Waals surface area contributed by atoms with Crippen molar-refractivity contribution in [3.63, 3.8) is 0 Å². The summed E-state index contributed by atoms with van der Waals surface area (Å²) in [5.74, 6) is 0. The molecule has 0 aromatic heterocycles. The summed E-state index contributed by atoms with van der Waals surface area (Å²) in [6, 6.07) is 5.21. The number of nitro groups is 3. The van der Waals surface area contributed by atoms with Crippen molar-refractivity contribution in [3.8, 4) is 0 Å². The van der Waals surface area contributed by atoms with Gasteiger partial charge in [0.15, 0.2) is 0 Å². The highest BCUT2D eigenvalue weighted by molar-refractivity contribution is 7.85. The lowest BCUT2D eigenvalue weighted by molar-refractivity contribution is -0.393. The Morgan fingerprint density at radius 2 is 1.46 bits per heavy atom. The standard InChI is InChI=1S/C12H6N4O7S/c17-14(18)6-1-2-8-10(4-6)24(23)11-5-7(15(19)20)3-9(16(21)22)12(11)13-8/h1-5,13H. The van der Waals surface area contributed by atoms with E-state index in [1.165, 1.54) is 6.07 Å². The zero-order valence-electron chi connectivity index (χ0n) is 11.5. The van der Waals surface area contributed by atoms with Gasteiger partial charge in [0.2, 0.25) is 0 Å². The summed E-state index contributed by atoms with van der Waals surface area (Å²) in [4.78, 5) is 30.4. The molecular formula is C12H6N4O7S. The predicted octanol–water partition coefficient (Wildman–Crippen LogP) is 2.63. The van der Waals surface area contributed by atoms with E-state index in [1.54, 1.807) is 0 Å². The van der Waals surface area contributed by atoms with Crippen LogP contribution in [0.1, 0.15) is 0 Å². The van der Waals surface area contributed by atoms with Crippen molar-refractivity contribution < 1.29 is 19.0 Å². The lowest BCUT2D eigenvalue weighted by atomic mass is 10.2. The van der Waals surface area contributed by atoms with Crippen LogP contribution in [0.4, 0.5) is 28.4 Å². The summed E-state index contributed by atoms with van der Waals surface area (Å²) in [7, 11) is -2.05. The molecule has 1 aliphatic heterocycles. The molecule has 3 rings (SSSR count). The third-order valence-electron chi connectivity index (χ3n) is 3.31. The molecule has 1 atom stereocenters. The zero-order chi connectivity index (χ0) is 17.6. The van der Waals surface area contributed by atoms with Gasteiger partial charge < -0.3 is 5.32 Å². The first kappa shape index (κ1) is 15.5. The third-order valence-corrected chi connectivity index (χ3v) is 4.77. The van der Waals surface area contributed by atoms with Crippen LogP contribution in [0.3, 0.4) is 0 Å². The predicted molar refractivity (Wildman–Crippen MR) is 80.8 cm³/mol. The van der Waals surface area contributed by atoms with E-state index in [0.717, 1.165) is 24.3 Å². The van der Waals surface area contributed by atoms with E-state index in [-0.39, 0.29) is 26.9 Å². The van der Waals surface area contributed by atoms with Gasteiger partial charge in [0.05, 0.1) is 47.1 Å². The molecule has 1 heterocycles. The van der Waals surface area contributed by atoms with Gasteiger partial charge in [0.1, 0.15) is 5.69 Å². The fourth-order valence-electron chi connectivity index (χ4n) is 2.24. The Hall–Kier alpha value is -3.41. The number of benzene rings is 2. The van der Waals surface area contributed by atoms with Crippen molar-refractivity contribution in [1.82, 2.24) is 0 Å². The molecule has 0 aliphatic carbocycles. The van der Waals surface area contributed by atoms with Crippen LogP contribution in [-0.2, 0) is 10.8 Å².